The monoisotopic (exact) mass is 168 g/mol. The van der Waals surface area contributed by atoms with Crippen molar-refractivity contribution in [2.45, 2.75) is 44.2 Å². The van der Waals surface area contributed by atoms with E-state index < -0.39 is 0 Å². The van der Waals surface area contributed by atoms with Crippen LogP contribution in [0.2, 0.25) is 0 Å². The summed E-state index contributed by atoms with van der Waals surface area (Å²) in [4.78, 5) is 2.69. The molecule has 0 aromatic carbocycles. The molecule has 0 spiro atoms. The number of nitrogens with zero attached hydrogens (tertiary/aromatic N) is 1. The van der Waals surface area contributed by atoms with Crippen molar-refractivity contribution < 1.29 is 0 Å². The molecular formula is C10H20N2. The standard InChI is InChI=1S/C10H20N2/c1-11-9-5-6-10-4-2-3-7-12(10)8-9/h9-11H,2-8H2,1H3. The molecule has 0 aliphatic carbocycles. The minimum absolute atomic E-state index is 0.763. The maximum absolute atomic E-state index is 3.40. The number of rotatable bonds is 1. The Balaban J connectivity index is 1.90. The van der Waals surface area contributed by atoms with Crippen LogP contribution in [0.1, 0.15) is 32.1 Å². The van der Waals surface area contributed by atoms with Gasteiger partial charge in [-0.1, -0.05) is 6.42 Å². The largest absolute Gasteiger partial charge is 0.316 e. The number of hydrogen-bond donors (Lipinski definition) is 1. The van der Waals surface area contributed by atoms with Gasteiger partial charge in [-0.15, -0.1) is 0 Å². The number of hydrogen-bond acceptors (Lipinski definition) is 2. The molecule has 0 aromatic heterocycles. The zero-order valence-corrected chi connectivity index (χ0v) is 8.05. The van der Waals surface area contributed by atoms with Crippen LogP contribution in [0.5, 0.6) is 0 Å². The lowest BCUT2D eigenvalue weighted by molar-refractivity contribution is 0.0898. The molecule has 0 radical (unpaired) electrons. The van der Waals surface area contributed by atoms with Gasteiger partial charge < -0.3 is 5.32 Å². The summed E-state index contributed by atoms with van der Waals surface area (Å²) in [7, 11) is 2.09. The molecule has 2 rings (SSSR count). The van der Waals surface area contributed by atoms with Crippen LogP contribution >= 0.6 is 0 Å². The van der Waals surface area contributed by atoms with E-state index in [2.05, 4.69) is 17.3 Å². The highest BCUT2D eigenvalue weighted by atomic mass is 15.2. The number of fused-ring (bicyclic) bond motifs is 1. The molecule has 2 nitrogen and oxygen atoms in total. The van der Waals surface area contributed by atoms with E-state index in [1.165, 1.54) is 45.2 Å². The van der Waals surface area contributed by atoms with Gasteiger partial charge in [-0.25, -0.2) is 0 Å². The van der Waals surface area contributed by atoms with Crippen molar-refractivity contribution in [3.8, 4) is 0 Å². The van der Waals surface area contributed by atoms with Gasteiger partial charge >= 0.3 is 0 Å². The summed E-state index contributed by atoms with van der Waals surface area (Å²) < 4.78 is 0. The summed E-state index contributed by atoms with van der Waals surface area (Å²) in [5.74, 6) is 0. The molecule has 2 atom stereocenters. The van der Waals surface area contributed by atoms with Crippen molar-refractivity contribution in [2.24, 2.45) is 0 Å². The van der Waals surface area contributed by atoms with Crippen molar-refractivity contribution in [1.82, 2.24) is 10.2 Å². The highest BCUT2D eigenvalue weighted by molar-refractivity contribution is 4.86. The zero-order chi connectivity index (χ0) is 8.39. The fraction of sp³-hybridized carbons (Fsp3) is 1.00. The van der Waals surface area contributed by atoms with Crippen LogP contribution in [-0.4, -0.2) is 37.1 Å². The molecule has 2 aliphatic rings. The Labute approximate surface area is 75.3 Å². The smallest absolute Gasteiger partial charge is 0.0192 e. The maximum atomic E-state index is 3.40. The molecule has 0 bridgehead atoms. The van der Waals surface area contributed by atoms with Gasteiger partial charge in [0, 0.05) is 18.6 Å². The van der Waals surface area contributed by atoms with Crippen molar-refractivity contribution in [3.63, 3.8) is 0 Å². The van der Waals surface area contributed by atoms with Gasteiger partial charge in [0.15, 0.2) is 0 Å². The summed E-state index contributed by atoms with van der Waals surface area (Å²) >= 11 is 0. The van der Waals surface area contributed by atoms with Crippen LogP contribution in [0, 0.1) is 0 Å². The first-order chi connectivity index (χ1) is 5.90. The Morgan fingerprint density at radius 1 is 1.17 bits per heavy atom. The average molecular weight is 168 g/mol. The van der Waals surface area contributed by atoms with Gasteiger partial charge in [-0.3, -0.25) is 4.90 Å². The summed E-state index contributed by atoms with van der Waals surface area (Å²) in [5.41, 5.74) is 0. The molecule has 2 saturated heterocycles. The molecule has 12 heavy (non-hydrogen) atoms. The summed E-state index contributed by atoms with van der Waals surface area (Å²) in [6.45, 7) is 2.64. The topological polar surface area (TPSA) is 15.3 Å². The van der Waals surface area contributed by atoms with E-state index in [-0.39, 0.29) is 0 Å². The fourth-order valence-electron chi connectivity index (χ4n) is 2.63. The van der Waals surface area contributed by atoms with E-state index in [1.807, 2.05) is 0 Å². The van der Waals surface area contributed by atoms with E-state index >= 15 is 0 Å². The quantitative estimate of drug-likeness (QED) is 0.633. The molecule has 0 saturated carbocycles. The predicted molar refractivity (Wildman–Crippen MR) is 51.3 cm³/mol. The number of likely N-dealkylation sites (N-methyl/N-ethyl adjacent to an activating group) is 1. The Bertz CT molecular complexity index is 147. The molecule has 0 amide bonds. The molecular weight excluding hydrogens is 148 g/mol. The van der Waals surface area contributed by atoms with E-state index in [9.17, 15) is 0 Å². The normalized spacial score (nSPS) is 37.8. The Morgan fingerprint density at radius 2 is 2.08 bits per heavy atom. The second kappa shape index (κ2) is 3.75. The predicted octanol–water partition coefficient (Wildman–Crippen LogP) is 1.22. The minimum Gasteiger partial charge on any atom is -0.316 e. The fourth-order valence-corrected chi connectivity index (χ4v) is 2.63. The van der Waals surface area contributed by atoms with Gasteiger partial charge in [-0.2, -0.15) is 0 Å². The van der Waals surface area contributed by atoms with Gasteiger partial charge in [0.2, 0.25) is 0 Å². The summed E-state index contributed by atoms with van der Waals surface area (Å²) in [6.07, 6.45) is 7.15. The average Bonchev–Trinajstić information content (AvgIpc) is 2.17. The van der Waals surface area contributed by atoms with E-state index in [4.69, 9.17) is 0 Å². The first-order valence-electron chi connectivity index (χ1n) is 5.31. The van der Waals surface area contributed by atoms with Crippen molar-refractivity contribution in [3.05, 3.63) is 0 Å². The first kappa shape index (κ1) is 8.52. The van der Waals surface area contributed by atoms with E-state index in [0.29, 0.717) is 0 Å². The SMILES string of the molecule is CNC1CCC2CCCCN2C1. The van der Waals surface area contributed by atoms with Crippen molar-refractivity contribution in [1.29, 1.82) is 0 Å². The van der Waals surface area contributed by atoms with Crippen molar-refractivity contribution in [2.75, 3.05) is 20.1 Å². The van der Waals surface area contributed by atoms with Crippen LogP contribution in [0.3, 0.4) is 0 Å². The zero-order valence-electron chi connectivity index (χ0n) is 8.05. The summed E-state index contributed by atoms with van der Waals surface area (Å²) in [6, 6.07) is 1.70. The molecule has 2 aliphatic heterocycles. The molecule has 2 unspecified atom stereocenters. The molecule has 1 N–H and O–H groups in total. The summed E-state index contributed by atoms with van der Waals surface area (Å²) in [5, 5.41) is 3.40. The van der Waals surface area contributed by atoms with Crippen molar-refractivity contribution >= 4 is 0 Å². The minimum atomic E-state index is 0.763. The lowest BCUT2D eigenvalue weighted by atomic mass is 9.91. The molecule has 70 valence electrons. The van der Waals surface area contributed by atoms with Gasteiger partial charge in [0.25, 0.3) is 0 Å². The Kier molecular flexibility index (Phi) is 2.66. The third kappa shape index (κ3) is 1.64. The highest BCUT2D eigenvalue weighted by Crippen LogP contribution is 2.25. The van der Waals surface area contributed by atoms with Crippen LogP contribution < -0.4 is 5.32 Å². The number of piperidine rings is 2. The van der Waals surface area contributed by atoms with E-state index in [1.54, 1.807) is 0 Å². The first-order valence-corrected chi connectivity index (χ1v) is 5.31. The highest BCUT2D eigenvalue weighted by Gasteiger charge is 2.28. The van der Waals surface area contributed by atoms with Gasteiger partial charge in [0.1, 0.15) is 0 Å². The van der Waals surface area contributed by atoms with Crippen LogP contribution in [0.25, 0.3) is 0 Å². The lowest BCUT2D eigenvalue weighted by Crippen LogP contribution is -2.51. The second-order valence-corrected chi connectivity index (χ2v) is 4.21. The third-order valence-corrected chi connectivity index (χ3v) is 3.46. The van der Waals surface area contributed by atoms with Gasteiger partial charge in [-0.05, 0) is 39.3 Å². The van der Waals surface area contributed by atoms with Crippen LogP contribution in [0.15, 0.2) is 0 Å². The Hall–Kier alpha value is -0.0800. The third-order valence-electron chi connectivity index (χ3n) is 3.46. The molecule has 0 aromatic rings. The molecule has 2 fully saturated rings. The second-order valence-electron chi connectivity index (χ2n) is 4.21. The van der Waals surface area contributed by atoms with Crippen LogP contribution in [-0.2, 0) is 0 Å². The molecule has 2 heteroatoms. The van der Waals surface area contributed by atoms with Gasteiger partial charge in [0.05, 0.1) is 0 Å². The molecule has 2 heterocycles. The van der Waals surface area contributed by atoms with Crippen LogP contribution in [0.4, 0.5) is 0 Å². The van der Waals surface area contributed by atoms with E-state index in [0.717, 1.165) is 12.1 Å². The maximum Gasteiger partial charge on any atom is 0.0192 e. The number of nitrogens with one attached hydrogen (secondary N) is 1. The lowest BCUT2D eigenvalue weighted by Gasteiger charge is -2.42. The Morgan fingerprint density at radius 3 is 2.92 bits per heavy atom.